The molecule has 3 aromatic carbocycles. The molecule has 33 heavy (non-hydrogen) atoms. The van der Waals surface area contributed by atoms with Crippen molar-refractivity contribution in [3.8, 4) is 11.5 Å². The fraction of sp³-hybridized carbons (Fsp3) is 0.160. The number of hydrogen-bond acceptors (Lipinski definition) is 6. The van der Waals surface area contributed by atoms with Gasteiger partial charge in [-0.2, -0.15) is 0 Å². The van der Waals surface area contributed by atoms with Crippen LogP contribution < -0.4 is 20.1 Å². The molecule has 1 heterocycles. The number of carbonyl (C=O) groups excluding carboxylic acids is 3. The van der Waals surface area contributed by atoms with Crippen LogP contribution in [0.5, 0.6) is 11.5 Å². The summed E-state index contributed by atoms with van der Waals surface area (Å²) in [5.41, 5.74) is 2.33. The third-order valence-electron chi connectivity index (χ3n) is 4.98. The maximum atomic E-state index is 12.5. The lowest BCUT2D eigenvalue weighted by Crippen LogP contribution is -2.39. The van der Waals surface area contributed by atoms with E-state index in [0.717, 1.165) is 5.56 Å². The highest BCUT2D eigenvalue weighted by molar-refractivity contribution is 6.02. The Morgan fingerprint density at radius 2 is 1.79 bits per heavy atom. The van der Waals surface area contributed by atoms with Crippen LogP contribution in [0.3, 0.4) is 0 Å². The molecular formula is C25H22N2O6. The first-order valence-corrected chi connectivity index (χ1v) is 10.3. The van der Waals surface area contributed by atoms with Gasteiger partial charge in [0.2, 0.25) is 5.91 Å². The standard InChI is InChI=1S/C25H22N2O6/c1-31-25(30)17-7-12-20-21(13-17)33-22(24(29)27-20)14-23(28)26-18-8-10-19(11-9-18)32-15-16-5-3-2-4-6-16/h2-13,22H,14-15H2,1H3,(H,26,28)(H,27,29). The van der Waals surface area contributed by atoms with Gasteiger partial charge in [-0.15, -0.1) is 0 Å². The van der Waals surface area contributed by atoms with Crippen LogP contribution in [0.1, 0.15) is 22.3 Å². The zero-order valence-corrected chi connectivity index (χ0v) is 17.9. The average Bonchev–Trinajstić information content (AvgIpc) is 2.84. The van der Waals surface area contributed by atoms with Crippen molar-refractivity contribution in [3.05, 3.63) is 83.9 Å². The molecule has 2 amide bonds. The molecule has 4 rings (SSSR count). The smallest absolute Gasteiger partial charge is 0.337 e. The number of hydrogen-bond donors (Lipinski definition) is 2. The number of benzene rings is 3. The second kappa shape index (κ2) is 9.86. The quantitative estimate of drug-likeness (QED) is 0.536. The van der Waals surface area contributed by atoms with E-state index in [-0.39, 0.29) is 17.9 Å². The van der Waals surface area contributed by atoms with Crippen molar-refractivity contribution < 1.29 is 28.6 Å². The molecule has 1 unspecified atom stereocenters. The summed E-state index contributed by atoms with van der Waals surface area (Å²) < 4.78 is 16.1. The number of anilines is 2. The third-order valence-corrected chi connectivity index (χ3v) is 4.98. The van der Waals surface area contributed by atoms with E-state index in [0.29, 0.717) is 29.5 Å². The van der Waals surface area contributed by atoms with Crippen molar-refractivity contribution in [3.63, 3.8) is 0 Å². The molecule has 0 spiro atoms. The highest BCUT2D eigenvalue weighted by atomic mass is 16.5. The summed E-state index contributed by atoms with van der Waals surface area (Å²) in [6.07, 6.45) is -1.22. The van der Waals surface area contributed by atoms with Crippen LogP contribution in [-0.4, -0.2) is 31.0 Å². The lowest BCUT2D eigenvalue weighted by Gasteiger charge is -2.25. The minimum Gasteiger partial charge on any atom is -0.489 e. The number of rotatable bonds is 7. The van der Waals surface area contributed by atoms with Crippen molar-refractivity contribution in [2.75, 3.05) is 17.7 Å². The molecule has 0 saturated heterocycles. The van der Waals surface area contributed by atoms with Gasteiger partial charge in [0.15, 0.2) is 6.10 Å². The van der Waals surface area contributed by atoms with Crippen molar-refractivity contribution in [2.24, 2.45) is 0 Å². The van der Waals surface area contributed by atoms with Crippen LogP contribution in [0.25, 0.3) is 0 Å². The summed E-state index contributed by atoms with van der Waals surface area (Å²) in [6.45, 7) is 0.444. The number of carbonyl (C=O) groups is 3. The van der Waals surface area contributed by atoms with Crippen LogP contribution in [0, 0.1) is 0 Å². The van der Waals surface area contributed by atoms with Crippen molar-refractivity contribution in [2.45, 2.75) is 19.1 Å². The van der Waals surface area contributed by atoms with E-state index >= 15 is 0 Å². The number of methoxy groups -OCH3 is 1. The van der Waals surface area contributed by atoms with Gasteiger partial charge in [0.1, 0.15) is 18.1 Å². The maximum Gasteiger partial charge on any atom is 0.337 e. The number of nitrogens with one attached hydrogen (secondary N) is 2. The fourth-order valence-electron chi connectivity index (χ4n) is 3.28. The van der Waals surface area contributed by atoms with E-state index in [9.17, 15) is 14.4 Å². The van der Waals surface area contributed by atoms with Gasteiger partial charge in [0, 0.05) is 5.69 Å². The van der Waals surface area contributed by atoms with E-state index in [1.807, 2.05) is 30.3 Å². The minimum atomic E-state index is -1.03. The molecule has 3 aromatic rings. The molecule has 0 bridgehead atoms. The topological polar surface area (TPSA) is 103 Å². The molecule has 0 saturated carbocycles. The lowest BCUT2D eigenvalue weighted by molar-refractivity contribution is -0.128. The van der Waals surface area contributed by atoms with Crippen molar-refractivity contribution in [1.82, 2.24) is 0 Å². The van der Waals surface area contributed by atoms with Gasteiger partial charge in [-0.05, 0) is 48.0 Å². The Hall–Kier alpha value is -4.33. The summed E-state index contributed by atoms with van der Waals surface area (Å²) in [5.74, 6) is -0.377. The molecule has 1 aliphatic heterocycles. The number of amides is 2. The molecule has 8 nitrogen and oxygen atoms in total. The van der Waals surface area contributed by atoms with Gasteiger partial charge in [-0.3, -0.25) is 9.59 Å². The number of ether oxygens (including phenoxy) is 3. The molecule has 0 aliphatic carbocycles. The Bertz CT molecular complexity index is 1160. The summed E-state index contributed by atoms with van der Waals surface area (Å²) in [6, 6.07) is 21.3. The Morgan fingerprint density at radius 3 is 2.52 bits per heavy atom. The van der Waals surface area contributed by atoms with Gasteiger partial charge in [-0.25, -0.2) is 4.79 Å². The highest BCUT2D eigenvalue weighted by Gasteiger charge is 2.30. The maximum absolute atomic E-state index is 12.5. The second-order valence-electron chi connectivity index (χ2n) is 7.35. The minimum absolute atomic E-state index is 0.194. The molecule has 168 valence electrons. The predicted molar refractivity (Wildman–Crippen MR) is 121 cm³/mol. The lowest BCUT2D eigenvalue weighted by atomic mass is 10.1. The zero-order valence-electron chi connectivity index (χ0n) is 17.9. The predicted octanol–water partition coefficient (Wildman–Crippen LogP) is 3.78. The highest BCUT2D eigenvalue weighted by Crippen LogP contribution is 2.31. The van der Waals surface area contributed by atoms with Gasteiger partial charge >= 0.3 is 5.97 Å². The molecule has 1 aliphatic rings. The second-order valence-corrected chi connectivity index (χ2v) is 7.35. The van der Waals surface area contributed by atoms with Gasteiger partial charge in [0.05, 0.1) is 24.8 Å². The third kappa shape index (κ3) is 5.48. The van der Waals surface area contributed by atoms with Crippen LogP contribution in [0.2, 0.25) is 0 Å². The Labute approximate surface area is 190 Å². The molecule has 0 fully saturated rings. The number of esters is 1. The van der Waals surface area contributed by atoms with E-state index in [1.54, 1.807) is 30.3 Å². The summed E-state index contributed by atoms with van der Waals surface area (Å²) >= 11 is 0. The van der Waals surface area contributed by atoms with Crippen LogP contribution >= 0.6 is 0 Å². The van der Waals surface area contributed by atoms with Gasteiger partial charge in [-0.1, -0.05) is 30.3 Å². The molecule has 0 radical (unpaired) electrons. The van der Waals surface area contributed by atoms with Crippen LogP contribution in [0.15, 0.2) is 72.8 Å². The van der Waals surface area contributed by atoms with E-state index in [4.69, 9.17) is 14.2 Å². The normalized spacial score (nSPS) is 14.3. The van der Waals surface area contributed by atoms with E-state index < -0.39 is 18.0 Å². The monoisotopic (exact) mass is 446 g/mol. The zero-order chi connectivity index (χ0) is 23.2. The van der Waals surface area contributed by atoms with Gasteiger partial charge in [0.25, 0.3) is 5.91 Å². The summed E-state index contributed by atoms with van der Waals surface area (Å²) in [5, 5.41) is 5.43. The first-order chi connectivity index (χ1) is 16.0. The molecule has 1 atom stereocenters. The van der Waals surface area contributed by atoms with Crippen LogP contribution in [0.4, 0.5) is 11.4 Å². The summed E-state index contributed by atoms with van der Waals surface area (Å²) in [7, 11) is 1.28. The van der Waals surface area contributed by atoms with Crippen molar-refractivity contribution >= 4 is 29.2 Å². The van der Waals surface area contributed by atoms with E-state index in [1.165, 1.54) is 19.2 Å². The first kappa shape index (κ1) is 21.9. The number of fused-ring (bicyclic) bond motifs is 1. The average molecular weight is 446 g/mol. The van der Waals surface area contributed by atoms with Crippen molar-refractivity contribution in [1.29, 1.82) is 0 Å². The Balaban J connectivity index is 1.33. The fourth-order valence-corrected chi connectivity index (χ4v) is 3.28. The Kier molecular flexibility index (Phi) is 6.54. The SMILES string of the molecule is COC(=O)c1ccc2c(c1)OC(CC(=O)Nc1ccc(OCc3ccccc3)cc1)C(=O)N2. The van der Waals surface area contributed by atoms with E-state index in [2.05, 4.69) is 10.6 Å². The first-order valence-electron chi connectivity index (χ1n) is 10.3. The molecular weight excluding hydrogens is 424 g/mol. The summed E-state index contributed by atoms with van der Waals surface area (Å²) in [4.78, 5) is 36.5. The largest absolute Gasteiger partial charge is 0.489 e. The van der Waals surface area contributed by atoms with Crippen LogP contribution in [-0.2, 0) is 20.9 Å². The molecule has 0 aromatic heterocycles. The molecule has 8 heteroatoms. The Morgan fingerprint density at radius 1 is 1.03 bits per heavy atom. The van der Waals surface area contributed by atoms with Gasteiger partial charge < -0.3 is 24.8 Å². The molecule has 2 N–H and O–H groups in total.